The SMILES string of the molecule is CCS(=O)(=O)c1ccc(Oc2cccc(NCc3ccc(C#N)cc3)c2)c(-c2cn(C)c(=O)c3cncn23)c1. The number of imidazole rings is 1. The summed E-state index contributed by atoms with van der Waals surface area (Å²) in [6, 6.07) is 21.6. The van der Waals surface area contributed by atoms with E-state index in [1.165, 1.54) is 23.2 Å². The molecular weight excluding hydrogens is 514 g/mol. The lowest BCUT2D eigenvalue weighted by Crippen LogP contribution is -2.19. The number of nitrogens with one attached hydrogen (secondary N) is 1. The summed E-state index contributed by atoms with van der Waals surface area (Å²) in [5.41, 5.74) is 3.64. The second-order valence-electron chi connectivity index (χ2n) is 8.93. The average molecular weight is 540 g/mol. The molecule has 3 aromatic carbocycles. The van der Waals surface area contributed by atoms with Gasteiger partial charge in [0.05, 0.1) is 40.5 Å². The van der Waals surface area contributed by atoms with Crippen LogP contribution in [0.2, 0.25) is 0 Å². The molecule has 2 aromatic heterocycles. The van der Waals surface area contributed by atoms with E-state index in [1.54, 1.807) is 54.9 Å². The number of ether oxygens (including phenoxy) is 1. The van der Waals surface area contributed by atoms with E-state index in [4.69, 9.17) is 10.00 Å². The van der Waals surface area contributed by atoms with Crippen LogP contribution >= 0.6 is 0 Å². The van der Waals surface area contributed by atoms with Crippen molar-refractivity contribution >= 4 is 21.0 Å². The molecule has 5 rings (SSSR count). The van der Waals surface area contributed by atoms with Gasteiger partial charge in [0.25, 0.3) is 5.56 Å². The van der Waals surface area contributed by atoms with Crippen LogP contribution in [0.5, 0.6) is 11.5 Å². The van der Waals surface area contributed by atoms with Crippen molar-refractivity contribution in [1.29, 1.82) is 5.26 Å². The predicted octanol–water partition coefficient (Wildman–Crippen LogP) is 4.77. The molecule has 0 unspecified atom stereocenters. The van der Waals surface area contributed by atoms with Crippen LogP contribution < -0.4 is 15.6 Å². The highest BCUT2D eigenvalue weighted by atomic mass is 32.2. The molecular formula is C29H25N5O4S. The minimum absolute atomic E-state index is 0.0483. The minimum atomic E-state index is -3.50. The van der Waals surface area contributed by atoms with Gasteiger partial charge in [0.15, 0.2) is 9.84 Å². The van der Waals surface area contributed by atoms with E-state index in [-0.39, 0.29) is 16.2 Å². The van der Waals surface area contributed by atoms with Crippen molar-refractivity contribution in [3.63, 3.8) is 0 Å². The van der Waals surface area contributed by atoms with E-state index < -0.39 is 9.84 Å². The highest BCUT2D eigenvalue weighted by molar-refractivity contribution is 7.91. The number of anilines is 1. The maximum Gasteiger partial charge on any atom is 0.276 e. The molecule has 9 nitrogen and oxygen atoms in total. The van der Waals surface area contributed by atoms with E-state index in [0.29, 0.717) is 40.4 Å². The number of sulfone groups is 1. The van der Waals surface area contributed by atoms with Crippen molar-refractivity contribution in [3.05, 3.63) is 107 Å². The highest BCUT2D eigenvalue weighted by Crippen LogP contribution is 2.36. The monoisotopic (exact) mass is 539 g/mol. The van der Waals surface area contributed by atoms with Crippen LogP contribution in [0.1, 0.15) is 18.1 Å². The average Bonchev–Trinajstić information content (AvgIpc) is 3.45. The van der Waals surface area contributed by atoms with Gasteiger partial charge in [0.1, 0.15) is 17.0 Å². The summed E-state index contributed by atoms with van der Waals surface area (Å²) in [4.78, 5) is 16.9. The number of nitriles is 1. The van der Waals surface area contributed by atoms with Crippen LogP contribution in [0.3, 0.4) is 0 Å². The number of rotatable bonds is 8. The second-order valence-corrected chi connectivity index (χ2v) is 11.2. The zero-order valence-electron chi connectivity index (χ0n) is 21.3. The Bertz CT molecular complexity index is 1880. The number of aryl methyl sites for hydroxylation is 1. The summed E-state index contributed by atoms with van der Waals surface area (Å²) in [5, 5.41) is 12.3. The van der Waals surface area contributed by atoms with Gasteiger partial charge in [0.2, 0.25) is 0 Å². The zero-order chi connectivity index (χ0) is 27.6. The standard InChI is InChI=1S/C29H25N5O4S/c1-3-39(36,37)24-11-12-28(25(14-24)27-18-33(2)29(35)26-17-31-19-34(26)27)38-23-6-4-5-22(13-23)32-16-21-9-7-20(15-30)8-10-21/h4-14,17-19,32H,3,16H2,1-2H3. The lowest BCUT2D eigenvalue weighted by atomic mass is 10.1. The predicted molar refractivity (Wildman–Crippen MR) is 149 cm³/mol. The zero-order valence-corrected chi connectivity index (χ0v) is 22.1. The first-order valence-corrected chi connectivity index (χ1v) is 13.8. The largest absolute Gasteiger partial charge is 0.457 e. The van der Waals surface area contributed by atoms with E-state index >= 15 is 0 Å². The van der Waals surface area contributed by atoms with Crippen molar-refractivity contribution in [1.82, 2.24) is 14.0 Å². The van der Waals surface area contributed by atoms with Crippen molar-refractivity contribution in [3.8, 4) is 28.8 Å². The number of hydrogen-bond acceptors (Lipinski definition) is 7. The van der Waals surface area contributed by atoms with Crippen LogP contribution in [0.25, 0.3) is 16.8 Å². The number of aromatic nitrogens is 3. The van der Waals surface area contributed by atoms with Gasteiger partial charge in [-0.25, -0.2) is 13.4 Å². The van der Waals surface area contributed by atoms with E-state index in [9.17, 15) is 13.2 Å². The van der Waals surface area contributed by atoms with Crippen LogP contribution in [0.15, 0.2) is 95.1 Å². The summed E-state index contributed by atoms with van der Waals surface area (Å²) in [7, 11) is -1.86. The van der Waals surface area contributed by atoms with Gasteiger partial charge in [0, 0.05) is 37.1 Å². The molecule has 5 aromatic rings. The minimum Gasteiger partial charge on any atom is -0.457 e. The van der Waals surface area contributed by atoms with Crippen LogP contribution in [0, 0.1) is 11.3 Å². The lowest BCUT2D eigenvalue weighted by molar-refractivity contribution is 0.484. The molecule has 0 aliphatic rings. The molecule has 0 amide bonds. The number of nitrogens with zero attached hydrogens (tertiary/aromatic N) is 4. The molecule has 0 bridgehead atoms. The van der Waals surface area contributed by atoms with E-state index in [0.717, 1.165) is 11.3 Å². The van der Waals surface area contributed by atoms with Crippen molar-refractivity contribution in [2.24, 2.45) is 7.05 Å². The Morgan fingerprint density at radius 3 is 2.62 bits per heavy atom. The van der Waals surface area contributed by atoms with Gasteiger partial charge in [-0.3, -0.25) is 9.20 Å². The fraction of sp³-hybridized carbons (Fsp3) is 0.138. The van der Waals surface area contributed by atoms with Crippen molar-refractivity contribution in [2.45, 2.75) is 18.4 Å². The molecule has 0 saturated carbocycles. The Morgan fingerprint density at radius 1 is 1.08 bits per heavy atom. The summed E-state index contributed by atoms with van der Waals surface area (Å²) in [6.45, 7) is 2.15. The Labute approximate surface area is 225 Å². The molecule has 0 saturated heterocycles. The Morgan fingerprint density at radius 2 is 1.87 bits per heavy atom. The summed E-state index contributed by atoms with van der Waals surface area (Å²) < 4.78 is 34.8. The molecule has 0 aliphatic heterocycles. The molecule has 0 spiro atoms. The van der Waals surface area contributed by atoms with Gasteiger partial charge in [-0.1, -0.05) is 25.1 Å². The lowest BCUT2D eigenvalue weighted by Gasteiger charge is -2.16. The van der Waals surface area contributed by atoms with Gasteiger partial charge in [-0.15, -0.1) is 0 Å². The topological polar surface area (TPSA) is 118 Å². The van der Waals surface area contributed by atoms with Crippen molar-refractivity contribution < 1.29 is 13.2 Å². The Balaban J connectivity index is 1.52. The van der Waals surface area contributed by atoms with E-state index in [1.807, 2.05) is 30.3 Å². The van der Waals surface area contributed by atoms with Crippen LogP contribution in [-0.4, -0.2) is 28.1 Å². The highest BCUT2D eigenvalue weighted by Gasteiger charge is 2.19. The molecule has 39 heavy (non-hydrogen) atoms. The molecule has 10 heteroatoms. The van der Waals surface area contributed by atoms with Gasteiger partial charge >= 0.3 is 0 Å². The molecule has 1 N–H and O–H groups in total. The number of fused-ring (bicyclic) bond motifs is 1. The first kappa shape index (κ1) is 25.8. The maximum atomic E-state index is 12.7. The molecule has 196 valence electrons. The second kappa shape index (κ2) is 10.5. The third kappa shape index (κ3) is 5.26. The van der Waals surface area contributed by atoms with Crippen LogP contribution in [0.4, 0.5) is 5.69 Å². The third-order valence-electron chi connectivity index (χ3n) is 6.36. The fourth-order valence-electron chi connectivity index (χ4n) is 4.19. The van der Waals surface area contributed by atoms with Gasteiger partial charge in [-0.2, -0.15) is 5.26 Å². The van der Waals surface area contributed by atoms with Crippen molar-refractivity contribution in [2.75, 3.05) is 11.1 Å². The Kier molecular flexibility index (Phi) is 6.92. The smallest absolute Gasteiger partial charge is 0.276 e. The molecule has 0 atom stereocenters. The molecule has 0 radical (unpaired) electrons. The number of hydrogen-bond donors (Lipinski definition) is 1. The Hall–Kier alpha value is -4.88. The van der Waals surface area contributed by atoms with E-state index in [2.05, 4.69) is 16.4 Å². The normalized spacial score (nSPS) is 11.3. The summed E-state index contributed by atoms with van der Waals surface area (Å²) >= 11 is 0. The van der Waals surface area contributed by atoms with Crippen LogP contribution in [-0.2, 0) is 23.4 Å². The summed E-state index contributed by atoms with van der Waals surface area (Å²) in [6.07, 6.45) is 4.63. The number of benzene rings is 3. The maximum absolute atomic E-state index is 12.7. The first-order chi connectivity index (χ1) is 18.8. The third-order valence-corrected chi connectivity index (χ3v) is 8.09. The molecule has 0 aliphatic carbocycles. The van der Waals surface area contributed by atoms with Gasteiger partial charge in [-0.05, 0) is 48.0 Å². The van der Waals surface area contributed by atoms with Gasteiger partial charge < -0.3 is 14.6 Å². The molecule has 2 heterocycles. The fourth-order valence-corrected chi connectivity index (χ4v) is 5.09. The quantitative estimate of drug-likeness (QED) is 0.302. The molecule has 0 fully saturated rings. The first-order valence-electron chi connectivity index (χ1n) is 12.2. The summed E-state index contributed by atoms with van der Waals surface area (Å²) in [5.74, 6) is 0.912.